The number of nitrogens with zero attached hydrogens (tertiary/aromatic N) is 2. The van der Waals surface area contributed by atoms with Gasteiger partial charge in [-0.3, -0.25) is 4.79 Å². The Hall–Kier alpha value is -1.62. The maximum Gasteiger partial charge on any atom is 0.225 e. The zero-order valence-electron chi connectivity index (χ0n) is 12.8. The Morgan fingerprint density at radius 3 is 3.05 bits per heavy atom. The lowest BCUT2D eigenvalue weighted by molar-refractivity contribution is -0.122. The summed E-state index contributed by atoms with van der Waals surface area (Å²) in [5.41, 5.74) is 1.20. The monoisotopic (exact) mass is 288 g/mol. The Labute approximate surface area is 126 Å². The van der Waals surface area contributed by atoms with E-state index >= 15 is 0 Å². The molecule has 0 bridgehead atoms. The molecule has 2 saturated heterocycles. The maximum absolute atomic E-state index is 11.8. The second kappa shape index (κ2) is 6.02. The highest BCUT2D eigenvalue weighted by molar-refractivity contribution is 5.83. The molecule has 0 spiro atoms. The third-order valence-electron chi connectivity index (χ3n) is 4.42. The van der Waals surface area contributed by atoms with E-state index in [9.17, 15) is 4.79 Å². The first-order chi connectivity index (χ1) is 10.1. The molecule has 3 heterocycles. The number of carbonyl (C=O) groups is 1. The molecule has 2 fully saturated rings. The van der Waals surface area contributed by atoms with E-state index < -0.39 is 0 Å². The first-order valence-electron chi connectivity index (χ1n) is 7.88. The van der Waals surface area contributed by atoms with Crippen molar-refractivity contribution < 1.29 is 4.79 Å². The van der Waals surface area contributed by atoms with Crippen molar-refractivity contribution in [2.45, 2.75) is 45.3 Å². The van der Waals surface area contributed by atoms with Crippen molar-refractivity contribution >= 4 is 11.7 Å². The van der Waals surface area contributed by atoms with E-state index in [1.807, 2.05) is 6.20 Å². The average Bonchev–Trinajstić information content (AvgIpc) is 2.87. The van der Waals surface area contributed by atoms with Crippen molar-refractivity contribution in [1.82, 2.24) is 15.6 Å². The maximum atomic E-state index is 11.8. The molecule has 3 rings (SSSR count). The zero-order valence-corrected chi connectivity index (χ0v) is 12.8. The van der Waals surface area contributed by atoms with Gasteiger partial charge in [-0.25, -0.2) is 4.98 Å². The minimum atomic E-state index is 0.142. The fourth-order valence-electron chi connectivity index (χ4n) is 3.25. The van der Waals surface area contributed by atoms with Crippen LogP contribution in [-0.4, -0.2) is 36.1 Å². The van der Waals surface area contributed by atoms with Crippen molar-refractivity contribution in [3.05, 3.63) is 23.9 Å². The SMILES string of the molecule is CC(C)NCc1ccc(N2CCCC3C(=O)NCC32)nc1. The van der Waals surface area contributed by atoms with E-state index in [1.54, 1.807) is 0 Å². The van der Waals surface area contributed by atoms with Crippen LogP contribution in [0, 0.1) is 5.92 Å². The first kappa shape index (κ1) is 14.3. The minimum absolute atomic E-state index is 0.142. The standard InChI is InChI=1S/C16H24N4O/c1-11(2)17-8-12-5-6-15(18-9-12)20-7-3-4-13-14(20)10-19-16(13)21/h5-6,9,11,13-14,17H,3-4,7-8,10H2,1-2H3,(H,19,21). The Morgan fingerprint density at radius 2 is 2.33 bits per heavy atom. The third kappa shape index (κ3) is 3.02. The Bertz CT molecular complexity index is 500. The smallest absolute Gasteiger partial charge is 0.225 e. The van der Waals surface area contributed by atoms with E-state index in [0.717, 1.165) is 38.3 Å². The molecule has 0 radical (unpaired) electrons. The van der Waals surface area contributed by atoms with Crippen LogP contribution in [0.15, 0.2) is 18.3 Å². The first-order valence-corrected chi connectivity index (χ1v) is 7.88. The van der Waals surface area contributed by atoms with Crippen LogP contribution in [0.1, 0.15) is 32.3 Å². The number of nitrogens with one attached hydrogen (secondary N) is 2. The summed E-state index contributed by atoms with van der Waals surface area (Å²) >= 11 is 0. The number of amides is 1. The zero-order chi connectivity index (χ0) is 14.8. The van der Waals surface area contributed by atoms with Gasteiger partial charge in [0, 0.05) is 31.9 Å². The highest BCUT2D eigenvalue weighted by Gasteiger charge is 2.41. The van der Waals surface area contributed by atoms with Crippen LogP contribution < -0.4 is 15.5 Å². The summed E-state index contributed by atoms with van der Waals surface area (Å²) in [4.78, 5) is 18.7. The van der Waals surface area contributed by atoms with Crippen LogP contribution in [0.4, 0.5) is 5.82 Å². The molecule has 0 saturated carbocycles. The van der Waals surface area contributed by atoms with Crippen LogP contribution in [0.25, 0.3) is 0 Å². The number of hydrogen-bond acceptors (Lipinski definition) is 4. The van der Waals surface area contributed by atoms with E-state index in [-0.39, 0.29) is 17.9 Å². The van der Waals surface area contributed by atoms with Crippen molar-refractivity contribution in [3.8, 4) is 0 Å². The van der Waals surface area contributed by atoms with Gasteiger partial charge in [0.25, 0.3) is 0 Å². The van der Waals surface area contributed by atoms with Gasteiger partial charge in [-0.1, -0.05) is 19.9 Å². The molecule has 1 aromatic rings. The van der Waals surface area contributed by atoms with Crippen molar-refractivity contribution in [2.24, 2.45) is 5.92 Å². The summed E-state index contributed by atoms with van der Waals surface area (Å²) in [7, 11) is 0. The molecule has 2 N–H and O–H groups in total. The second-order valence-corrected chi connectivity index (χ2v) is 6.31. The third-order valence-corrected chi connectivity index (χ3v) is 4.42. The summed E-state index contributed by atoms with van der Waals surface area (Å²) in [6.45, 7) is 6.87. The van der Waals surface area contributed by atoms with Crippen molar-refractivity contribution in [3.63, 3.8) is 0 Å². The van der Waals surface area contributed by atoms with E-state index in [2.05, 4.69) is 46.5 Å². The minimum Gasteiger partial charge on any atom is -0.354 e. The van der Waals surface area contributed by atoms with Gasteiger partial charge in [0.05, 0.1) is 12.0 Å². The quantitative estimate of drug-likeness (QED) is 0.877. The summed E-state index contributed by atoms with van der Waals surface area (Å²) in [5, 5.41) is 6.38. The van der Waals surface area contributed by atoms with Crippen LogP contribution in [0.2, 0.25) is 0 Å². The van der Waals surface area contributed by atoms with Gasteiger partial charge >= 0.3 is 0 Å². The molecule has 21 heavy (non-hydrogen) atoms. The molecule has 2 aliphatic rings. The normalized spacial score (nSPS) is 25.1. The summed E-state index contributed by atoms with van der Waals surface area (Å²) < 4.78 is 0. The van der Waals surface area contributed by atoms with Gasteiger partial charge < -0.3 is 15.5 Å². The van der Waals surface area contributed by atoms with Crippen molar-refractivity contribution in [2.75, 3.05) is 18.0 Å². The van der Waals surface area contributed by atoms with E-state index in [0.29, 0.717) is 6.04 Å². The highest BCUT2D eigenvalue weighted by Crippen LogP contribution is 2.30. The number of piperidine rings is 1. The molecule has 2 unspecified atom stereocenters. The predicted molar refractivity (Wildman–Crippen MR) is 83.1 cm³/mol. The molecular weight excluding hydrogens is 264 g/mol. The largest absolute Gasteiger partial charge is 0.354 e. The summed E-state index contributed by atoms with van der Waals surface area (Å²) in [5.74, 6) is 1.35. The number of hydrogen-bond donors (Lipinski definition) is 2. The fourth-order valence-corrected chi connectivity index (χ4v) is 3.25. The van der Waals surface area contributed by atoms with Crippen molar-refractivity contribution in [1.29, 1.82) is 0 Å². The lowest BCUT2D eigenvalue weighted by Crippen LogP contribution is -2.46. The van der Waals surface area contributed by atoms with Crippen LogP contribution >= 0.6 is 0 Å². The molecule has 114 valence electrons. The Balaban J connectivity index is 1.70. The van der Waals surface area contributed by atoms with E-state index in [4.69, 9.17) is 0 Å². The lowest BCUT2D eigenvalue weighted by Gasteiger charge is -2.36. The predicted octanol–water partition coefficient (Wildman–Crippen LogP) is 1.29. The molecule has 2 atom stereocenters. The molecule has 1 aromatic heterocycles. The molecule has 1 amide bonds. The fraction of sp³-hybridized carbons (Fsp3) is 0.625. The van der Waals surface area contributed by atoms with Gasteiger partial charge in [0.1, 0.15) is 5.82 Å². The molecular formula is C16H24N4O. The number of carbonyl (C=O) groups excluding carboxylic acids is 1. The average molecular weight is 288 g/mol. The Morgan fingerprint density at radius 1 is 1.48 bits per heavy atom. The summed E-state index contributed by atoms with van der Waals surface area (Å²) in [6.07, 6.45) is 4.01. The highest BCUT2D eigenvalue weighted by atomic mass is 16.2. The van der Waals surface area contributed by atoms with Gasteiger partial charge in [-0.2, -0.15) is 0 Å². The van der Waals surface area contributed by atoms with E-state index in [1.165, 1.54) is 5.56 Å². The van der Waals surface area contributed by atoms with Crippen LogP contribution in [-0.2, 0) is 11.3 Å². The molecule has 5 heteroatoms. The van der Waals surface area contributed by atoms with Crippen LogP contribution in [0.5, 0.6) is 0 Å². The number of fused-ring (bicyclic) bond motifs is 1. The number of anilines is 1. The topological polar surface area (TPSA) is 57.3 Å². The molecule has 0 aromatic carbocycles. The number of rotatable bonds is 4. The molecule has 5 nitrogen and oxygen atoms in total. The Kier molecular flexibility index (Phi) is 4.10. The van der Waals surface area contributed by atoms with Gasteiger partial charge in [0.2, 0.25) is 5.91 Å². The number of aromatic nitrogens is 1. The van der Waals surface area contributed by atoms with Gasteiger partial charge in [-0.05, 0) is 24.5 Å². The second-order valence-electron chi connectivity index (χ2n) is 6.31. The van der Waals surface area contributed by atoms with Crippen LogP contribution in [0.3, 0.4) is 0 Å². The lowest BCUT2D eigenvalue weighted by atomic mass is 9.91. The van der Waals surface area contributed by atoms with Gasteiger partial charge in [0.15, 0.2) is 0 Å². The summed E-state index contributed by atoms with van der Waals surface area (Å²) in [6, 6.07) is 4.97. The molecule has 0 aliphatic carbocycles. The number of pyridine rings is 1. The molecule has 2 aliphatic heterocycles. The van der Waals surface area contributed by atoms with Gasteiger partial charge in [-0.15, -0.1) is 0 Å².